The summed E-state index contributed by atoms with van der Waals surface area (Å²) in [6.45, 7) is 6.52. The van der Waals surface area contributed by atoms with E-state index < -0.39 is 6.10 Å². The Hall–Kier alpha value is -3.67. The number of hydrogen-bond donors (Lipinski definition) is 0. The highest BCUT2D eigenvalue weighted by Crippen LogP contribution is 2.17. The minimum atomic E-state index is -0.803. The highest BCUT2D eigenvalue weighted by Gasteiger charge is 2.19. The minimum Gasteiger partial charge on any atom is -0.462 e. The lowest BCUT2D eigenvalue weighted by molar-refractivity contribution is -0.167. The van der Waals surface area contributed by atoms with Crippen LogP contribution < -0.4 is 0 Å². The topological polar surface area (TPSA) is 78.9 Å². The van der Waals surface area contributed by atoms with E-state index in [1.165, 1.54) is 186 Å². The van der Waals surface area contributed by atoms with Gasteiger partial charge in [0.15, 0.2) is 6.10 Å². The quantitative estimate of drug-likeness (QED) is 0.0261. The zero-order chi connectivity index (χ0) is 57.1. The van der Waals surface area contributed by atoms with Crippen molar-refractivity contribution in [2.24, 2.45) is 0 Å². The van der Waals surface area contributed by atoms with Crippen LogP contribution in [0.4, 0.5) is 0 Å². The minimum absolute atomic E-state index is 0.0931. The molecule has 0 aromatic carbocycles. The smallest absolute Gasteiger partial charge is 0.306 e. The molecular formula is C73H126O6. The van der Waals surface area contributed by atoms with Gasteiger partial charge in [0.2, 0.25) is 0 Å². The van der Waals surface area contributed by atoms with Crippen molar-refractivity contribution in [1.82, 2.24) is 0 Å². The van der Waals surface area contributed by atoms with Crippen LogP contribution in [0.1, 0.15) is 329 Å². The number of carbonyl (C=O) groups is 3. The molecule has 0 spiro atoms. The maximum absolute atomic E-state index is 12.9. The first-order valence-corrected chi connectivity index (χ1v) is 33.7. The van der Waals surface area contributed by atoms with Crippen molar-refractivity contribution in [3.63, 3.8) is 0 Å². The van der Waals surface area contributed by atoms with E-state index in [-0.39, 0.29) is 37.5 Å². The van der Waals surface area contributed by atoms with Crippen molar-refractivity contribution >= 4 is 17.9 Å². The number of rotatable bonds is 61. The van der Waals surface area contributed by atoms with Crippen LogP contribution in [0, 0.1) is 0 Å². The predicted octanol–water partition coefficient (Wildman–Crippen LogP) is 23.2. The molecule has 0 aromatic heterocycles. The zero-order valence-electron chi connectivity index (χ0n) is 52.1. The van der Waals surface area contributed by atoms with E-state index in [0.29, 0.717) is 19.3 Å². The fraction of sp³-hybridized carbons (Fsp3) is 0.740. The maximum atomic E-state index is 12.9. The molecule has 1 unspecified atom stereocenters. The van der Waals surface area contributed by atoms with Crippen molar-refractivity contribution < 1.29 is 28.6 Å². The fourth-order valence-electron chi connectivity index (χ4n) is 9.54. The second-order valence-electron chi connectivity index (χ2n) is 22.4. The summed E-state index contributed by atoms with van der Waals surface area (Å²) in [5.41, 5.74) is 0. The molecule has 0 aliphatic carbocycles. The summed E-state index contributed by atoms with van der Waals surface area (Å²) in [5, 5.41) is 0. The van der Waals surface area contributed by atoms with E-state index in [4.69, 9.17) is 14.2 Å². The largest absolute Gasteiger partial charge is 0.462 e. The van der Waals surface area contributed by atoms with E-state index in [0.717, 1.165) is 96.3 Å². The van der Waals surface area contributed by atoms with Crippen molar-refractivity contribution in [1.29, 1.82) is 0 Å². The molecule has 79 heavy (non-hydrogen) atoms. The molecule has 6 nitrogen and oxygen atoms in total. The Morgan fingerprint density at radius 3 is 0.797 bits per heavy atom. The summed E-state index contributed by atoms with van der Waals surface area (Å²) in [7, 11) is 0. The molecule has 454 valence electrons. The Morgan fingerprint density at radius 2 is 0.494 bits per heavy atom. The number of unbranched alkanes of at least 4 members (excludes halogenated alkanes) is 34. The van der Waals surface area contributed by atoms with Gasteiger partial charge < -0.3 is 14.2 Å². The third kappa shape index (κ3) is 65.0. The van der Waals surface area contributed by atoms with E-state index in [1.807, 2.05) is 0 Å². The molecule has 0 saturated carbocycles. The van der Waals surface area contributed by atoms with E-state index in [1.54, 1.807) is 0 Å². The third-order valence-corrected chi connectivity index (χ3v) is 14.6. The van der Waals surface area contributed by atoms with Crippen LogP contribution in [0.3, 0.4) is 0 Å². The average molecular weight is 1100 g/mol. The summed E-state index contributed by atoms with van der Waals surface area (Å²) >= 11 is 0. The fourth-order valence-corrected chi connectivity index (χ4v) is 9.54. The molecular weight excluding hydrogens is 973 g/mol. The van der Waals surface area contributed by atoms with Crippen molar-refractivity contribution in [2.75, 3.05) is 13.2 Å². The van der Waals surface area contributed by atoms with Gasteiger partial charge in [0.25, 0.3) is 0 Å². The Kier molecular flexibility index (Phi) is 63.7. The number of allylic oxidation sites excluding steroid dienone is 16. The lowest BCUT2D eigenvalue weighted by Gasteiger charge is -2.18. The van der Waals surface area contributed by atoms with Gasteiger partial charge in [-0.3, -0.25) is 14.4 Å². The van der Waals surface area contributed by atoms with Crippen LogP contribution in [0.15, 0.2) is 97.2 Å². The van der Waals surface area contributed by atoms with Crippen LogP contribution >= 0.6 is 0 Å². The number of carbonyl (C=O) groups excluding carboxylic acids is 3. The molecule has 6 heteroatoms. The van der Waals surface area contributed by atoms with Gasteiger partial charge in [0.1, 0.15) is 13.2 Å². The summed E-state index contributed by atoms with van der Waals surface area (Å²) in [6.07, 6.45) is 89.9. The molecule has 0 saturated heterocycles. The Balaban J connectivity index is 4.43. The van der Waals surface area contributed by atoms with Crippen molar-refractivity contribution in [3.8, 4) is 0 Å². The van der Waals surface area contributed by atoms with Gasteiger partial charge in [-0.1, -0.05) is 304 Å². The second-order valence-corrected chi connectivity index (χ2v) is 22.4. The normalized spacial score (nSPS) is 12.7. The average Bonchev–Trinajstić information content (AvgIpc) is 3.45. The highest BCUT2D eigenvalue weighted by molar-refractivity contribution is 5.71. The number of esters is 3. The molecule has 0 fully saturated rings. The lowest BCUT2D eigenvalue weighted by atomic mass is 10.0. The highest BCUT2D eigenvalue weighted by atomic mass is 16.6. The van der Waals surface area contributed by atoms with E-state index in [9.17, 15) is 14.4 Å². The van der Waals surface area contributed by atoms with Crippen LogP contribution in [-0.2, 0) is 28.6 Å². The van der Waals surface area contributed by atoms with Crippen molar-refractivity contribution in [3.05, 3.63) is 97.2 Å². The van der Waals surface area contributed by atoms with Gasteiger partial charge in [0.05, 0.1) is 0 Å². The first-order chi connectivity index (χ1) is 39.0. The second kappa shape index (κ2) is 66.8. The van der Waals surface area contributed by atoms with Crippen LogP contribution in [-0.4, -0.2) is 37.2 Å². The molecule has 0 radical (unpaired) electrons. The molecule has 0 aromatic rings. The Labute approximate surface area is 489 Å². The van der Waals surface area contributed by atoms with Crippen LogP contribution in [0.25, 0.3) is 0 Å². The molecule has 0 aliphatic heterocycles. The van der Waals surface area contributed by atoms with Gasteiger partial charge >= 0.3 is 17.9 Å². The lowest BCUT2D eigenvalue weighted by Crippen LogP contribution is -2.30. The SMILES string of the molecule is CC/C=C\C/C=C\C/C=C\C/C=C\C/C=C\C/C=C\CCCCC(=O)OC(COC(=O)CCCCCCCCCCCCC/C=C\C/C=C\CCCCCCC)COC(=O)CCCCCCCCCCCCCCCCCCC. The summed E-state index contributed by atoms with van der Waals surface area (Å²) in [5.74, 6) is -0.924. The van der Waals surface area contributed by atoms with Crippen LogP contribution in [0.5, 0.6) is 0 Å². The Bertz CT molecular complexity index is 1540. The summed E-state index contributed by atoms with van der Waals surface area (Å²) < 4.78 is 16.9. The standard InChI is InChI=1S/C73H126O6/c1-4-7-10-13-16-19-22-25-28-31-33-35-36-38-39-42-45-48-51-54-57-60-63-66-72(75)78-69-70(68-77-71(74)65-62-59-56-53-50-47-44-41-30-27-24-21-18-15-12-9-6-3)79-73(76)67-64-61-58-55-52-49-46-43-40-37-34-32-29-26-23-20-17-14-11-8-5-2/h8,11,17,20,22,25-26,29,31,33-34,37,43,46,52,55,70H,4-7,9-10,12-16,18-19,21,23-24,27-28,30,32,35-36,38-42,44-45,47-51,53-54,56-69H2,1-3H3/b11-8-,20-17-,25-22-,29-26-,33-31-,37-34-,46-43-,55-52-. The Morgan fingerprint density at radius 1 is 0.266 bits per heavy atom. The summed E-state index contributed by atoms with van der Waals surface area (Å²) in [6, 6.07) is 0. The van der Waals surface area contributed by atoms with Gasteiger partial charge in [-0.2, -0.15) is 0 Å². The van der Waals surface area contributed by atoms with Gasteiger partial charge in [-0.25, -0.2) is 0 Å². The first-order valence-electron chi connectivity index (χ1n) is 33.7. The van der Waals surface area contributed by atoms with Crippen molar-refractivity contribution in [2.45, 2.75) is 335 Å². The molecule has 1 atom stereocenters. The predicted molar refractivity (Wildman–Crippen MR) is 344 cm³/mol. The molecule has 0 N–H and O–H groups in total. The monoisotopic (exact) mass is 1100 g/mol. The maximum Gasteiger partial charge on any atom is 0.306 e. The molecule has 0 rings (SSSR count). The molecule has 0 aliphatic rings. The van der Waals surface area contributed by atoms with E-state index >= 15 is 0 Å². The third-order valence-electron chi connectivity index (χ3n) is 14.6. The van der Waals surface area contributed by atoms with Crippen LogP contribution in [0.2, 0.25) is 0 Å². The zero-order valence-corrected chi connectivity index (χ0v) is 52.1. The van der Waals surface area contributed by atoms with Gasteiger partial charge in [-0.05, 0) is 103 Å². The van der Waals surface area contributed by atoms with Gasteiger partial charge in [0, 0.05) is 19.3 Å². The molecule has 0 bridgehead atoms. The van der Waals surface area contributed by atoms with Gasteiger partial charge in [-0.15, -0.1) is 0 Å². The molecule has 0 amide bonds. The first kappa shape index (κ1) is 75.3. The summed E-state index contributed by atoms with van der Waals surface area (Å²) in [4.78, 5) is 38.4. The number of hydrogen-bond acceptors (Lipinski definition) is 6. The molecule has 0 heterocycles. The number of ether oxygens (including phenoxy) is 3. The van der Waals surface area contributed by atoms with E-state index in [2.05, 4.69) is 118 Å².